The van der Waals surface area contributed by atoms with Crippen LogP contribution in [0.2, 0.25) is 0 Å². The fourth-order valence-corrected chi connectivity index (χ4v) is 3.58. The fraction of sp³-hybridized carbons (Fsp3) is 0.571. The number of hydrogen-bond acceptors (Lipinski definition) is 4. The van der Waals surface area contributed by atoms with Crippen LogP contribution in [0.5, 0.6) is 5.75 Å². The maximum atomic E-state index is 13.3. The zero-order valence-corrected chi connectivity index (χ0v) is 14.3. The van der Waals surface area contributed by atoms with Crippen molar-refractivity contribution in [3.05, 3.63) is 24.0 Å². The molecule has 1 aliphatic rings. The average molecular weight is 353 g/mol. The number of hydrogen-bond donors (Lipinski definition) is 2. The zero-order valence-electron chi connectivity index (χ0n) is 12.7. The Morgan fingerprint density at radius 1 is 1.36 bits per heavy atom. The van der Waals surface area contributed by atoms with E-state index in [0.717, 1.165) is 32.0 Å². The summed E-state index contributed by atoms with van der Waals surface area (Å²) in [5.41, 5.74) is -0.0531. The van der Waals surface area contributed by atoms with E-state index < -0.39 is 15.8 Å². The lowest BCUT2D eigenvalue weighted by Gasteiger charge is -2.34. The molecule has 0 aliphatic carbocycles. The predicted octanol–water partition coefficient (Wildman–Crippen LogP) is 1.92. The van der Waals surface area contributed by atoms with Gasteiger partial charge in [-0.2, -0.15) is 0 Å². The van der Waals surface area contributed by atoms with Gasteiger partial charge in [0.1, 0.15) is 0 Å². The van der Waals surface area contributed by atoms with Gasteiger partial charge in [-0.25, -0.2) is 17.5 Å². The molecule has 0 spiro atoms. The van der Waals surface area contributed by atoms with Crippen LogP contribution >= 0.6 is 12.4 Å². The second-order valence-corrected chi connectivity index (χ2v) is 7.45. The van der Waals surface area contributed by atoms with Gasteiger partial charge in [-0.3, -0.25) is 0 Å². The SMILES string of the molecule is COc1cc(S(=O)(=O)NCC2(C)CCNCC2)ccc1F.Cl. The molecule has 126 valence electrons. The molecule has 0 amide bonds. The third-order valence-electron chi connectivity index (χ3n) is 3.93. The van der Waals surface area contributed by atoms with Crippen molar-refractivity contribution in [1.82, 2.24) is 10.0 Å². The van der Waals surface area contributed by atoms with Crippen molar-refractivity contribution in [1.29, 1.82) is 0 Å². The second kappa shape index (κ2) is 7.59. The first-order valence-corrected chi connectivity index (χ1v) is 8.39. The van der Waals surface area contributed by atoms with E-state index in [4.69, 9.17) is 4.74 Å². The molecular weight excluding hydrogens is 331 g/mol. The first-order chi connectivity index (χ1) is 9.86. The average Bonchev–Trinajstić information content (AvgIpc) is 2.46. The van der Waals surface area contributed by atoms with Crippen LogP contribution in [0, 0.1) is 11.2 Å². The predicted molar refractivity (Wildman–Crippen MR) is 85.6 cm³/mol. The molecule has 0 radical (unpaired) electrons. The topological polar surface area (TPSA) is 67.4 Å². The molecule has 1 heterocycles. The van der Waals surface area contributed by atoms with Crippen molar-refractivity contribution in [3.63, 3.8) is 0 Å². The summed E-state index contributed by atoms with van der Waals surface area (Å²) >= 11 is 0. The summed E-state index contributed by atoms with van der Waals surface area (Å²) in [5, 5.41) is 3.25. The van der Waals surface area contributed by atoms with Crippen molar-refractivity contribution in [2.45, 2.75) is 24.7 Å². The molecule has 0 aromatic heterocycles. The smallest absolute Gasteiger partial charge is 0.240 e. The first-order valence-electron chi connectivity index (χ1n) is 6.90. The van der Waals surface area contributed by atoms with Crippen LogP contribution in [-0.4, -0.2) is 35.2 Å². The third-order valence-corrected chi connectivity index (χ3v) is 5.33. The summed E-state index contributed by atoms with van der Waals surface area (Å²) in [7, 11) is -2.36. The number of rotatable bonds is 5. The quantitative estimate of drug-likeness (QED) is 0.849. The molecule has 1 aromatic carbocycles. The molecule has 0 bridgehead atoms. The highest BCUT2D eigenvalue weighted by Crippen LogP contribution is 2.28. The standard InChI is InChI=1S/C14H21FN2O3S.ClH/c1-14(5-7-16-8-6-14)10-17-21(18,19)11-3-4-12(15)13(9-11)20-2;/h3-4,9,16-17H,5-8,10H2,1-2H3;1H. The Balaban J connectivity index is 0.00000242. The fourth-order valence-electron chi connectivity index (χ4n) is 2.37. The van der Waals surface area contributed by atoms with E-state index in [1.165, 1.54) is 19.2 Å². The van der Waals surface area contributed by atoms with Crippen LogP contribution in [0.1, 0.15) is 19.8 Å². The summed E-state index contributed by atoms with van der Waals surface area (Å²) < 4.78 is 45.4. The third kappa shape index (κ3) is 4.55. The van der Waals surface area contributed by atoms with Crippen LogP contribution < -0.4 is 14.8 Å². The molecule has 1 aliphatic heterocycles. The van der Waals surface area contributed by atoms with Gasteiger partial charge in [0, 0.05) is 12.6 Å². The highest BCUT2D eigenvalue weighted by Gasteiger charge is 2.29. The van der Waals surface area contributed by atoms with Crippen LogP contribution in [0.25, 0.3) is 0 Å². The van der Waals surface area contributed by atoms with Crippen molar-refractivity contribution in [2.24, 2.45) is 5.41 Å². The van der Waals surface area contributed by atoms with Gasteiger partial charge in [-0.15, -0.1) is 12.4 Å². The number of sulfonamides is 1. The van der Waals surface area contributed by atoms with E-state index >= 15 is 0 Å². The van der Waals surface area contributed by atoms with Crippen molar-refractivity contribution in [2.75, 3.05) is 26.7 Å². The first kappa shape index (κ1) is 19.2. The minimum absolute atomic E-state index is 0. The summed E-state index contributed by atoms with van der Waals surface area (Å²) in [6, 6.07) is 3.53. The highest BCUT2D eigenvalue weighted by atomic mass is 35.5. The van der Waals surface area contributed by atoms with E-state index in [1.54, 1.807) is 0 Å². The van der Waals surface area contributed by atoms with Crippen molar-refractivity contribution in [3.8, 4) is 5.75 Å². The van der Waals surface area contributed by atoms with Gasteiger partial charge in [0.15, 0.2) is 11.6 Å². The van der Waals surface area contributed by atoms with Gasteiger partial charge in [-0.1, -0.05) is 6.92 Å². The number of halogens is 2. The van der Waals surface area contributed by atoms with Crippen molar-refractivity contribution < 1.29 is 17.5 Å². The Hall–Kier alpha value is -0.890. The van der Waals surface area contributed by atoms with Gasteiger partial charge in [0.05, 0.1) is 12.0 Å². The molecule has 8 heteroatoms. The Kier molecular flexibility index (Phi) is 6.61. The Morgan fingerprint density at radius 3 is 2.59 bits per heavy atom. The lowest BCUT2D eigenvalue weighted by atomic mass is 9.81. The molecule has 0 saturated carbocycles. The lowest BCUT2D eigenvalue weighted by molar-refractivity contribution is 0.232. The maximum Gasteiger partial charge on any atom is 0.240 e. The highest BCUT2D eigenvalue weighted by molar-refractivity contribution is 7.89. The van der Waals surface area contributed by atoms with Gasteiger partial charge < -0.3 is 10.1 Å². The van der Waals surface area contributed by atoms with Gasteiger partial charge >= 0.3 is 0 Å². The minimum atomic E-state index is -3.66. The Morgan fingerprint density at radius 2 is 2.00 bits per heavy atom. The molecule has 0 unspecified atom stereocenters. The number of piperidine rings is 1. The van der Waals surface area contributed by atoms with Crippen LogP contribution in [0.4, 0.5) is 4.39 Å². The summed E-state index contributed by atoms with van der Waals surface area (Å²) in [6.45, 7) is 4.23. The summed E-state index contributed by atoms with van der Waals surface area (Å²) in [5.74, 6) is -0.660. The van der Waals surface area contributed by atoms with E-state index in [1.807, 2.05) is 0 Å². The molecule has 1 fully saturated rings. The van der Waals surface area contributed by atoms with Crippen LogP contribution in [0.3, 0.4) is 0 Å². The normalized spacial score (nSPS) is 17.6. The molecule has 1 aromatic rings. The van der Waals surface area contributed by atoms with Gasteiger partial charge in [0.2, 0.25) is 10.0 Å². The van der Waals surface area contributed by atoms with Gasteiger partial charge in [0.25, 0.3) is 0 Å². The van der Waals surface area contributed by atoms with Crippen LogP contribution in [0.15, 0.2) is 23.1 Å². The molecule has 1 saturated heterocycles. The number of ether oxygens (including phenoxy) is 1. The van der Waals surface area contributed by atoms with Crippen molar-refractivity contribution >= 4 is 22.4 Å². The van der Waals surface area contributed by atoms with Crippen LogP contribution in [-0.2, 0) is 10.0 Å². The minimum Gasteiger partial charge on any atom is -0.494 e. The number of nitrogens with one attached hydrogen (secondary N) is 2. The molecule has 0 atom stereocenters. The van der Waals surface area contributed by atoms with E-state index in [2.05, 4.69) is 17.0 Å². The monoisotopic (exact) mass is 352 g/mol. The number of benzene rings is 1. The molecular formula is C14H22ClFN2O3S. The van der Waals surface area contributed by atoms with Gasteiger partial charge in [-0.05, 0) is 43.5 Å². The molecule has 2 rings (SSSR count). The zero-order chi connectivity index (χ0) is 15.5. The van der Waals surface area contributed by atoms with E-state index in [0.29, 0.717) is 6.54 Å². The van der Waals surface area contributed by atoms with E-state index in [-0.39, 0.29) is 28.5 Å². The Bertz CT molecular complexity index is 604. The summed E-state index contributed by atoms with van der Waals surface area (Å²) in [4.78, 5) is 0.0123. The summed E-state index contributed by atoms with van der Waals surface area (Å²) in [6.07, 6.45) is 1.84. The number of methoxy groups -OCH3 is 1. The molecule has 5 nitrogen and oxygen atoms in total. The second-order valence-electron chi connectivity index (χ2n) is 5.68. The lowest BCUT2D eigenvalue weighted by Crippen LogP contribution is -2.42. The molecule has 2 N–H and O–H groups in total. The Labute approximate surface area is 137 Å². The van der Waals surface area contributed by atoms with E-state index in [9.17, 15) is 12.8 Å². The largest absolute Gasteiger partial charge is 0.494 e. The molecule has 22 heavy (non-hydrogen) atoms. The maximum absolute atomic E-state index is 13.3.